The van der Waals surface area contributed by atoms with Crippen molar-refractivity contribution in [1.82, 2.24) is 0 Å². The first-order valence-electron chi connectivity index (χ1n) is 5.43. The first kappa shape index (κ1) is 13.4. The van der Waals surface area contributed by atoms with Crippen molar-refractivity contribution in [2.45, 2.75) is 12.8 Å². The van der Waals surface area contributed by atoms with Crippen LogP contribution >= 0.6 is 0 Å². The molecule has 0 heterocycles. The summed E-state index contributed by atoms with van der Waals surface area (Å²) < 4.78 is 5.17. The molecule has 92 valence electrons. The van der Waals surface area contributed by atoms with E-state index in [0.717, 1.165) is 17.2 Å². The Morgan fingerprint density at radius 1 is 1.53 bits per heavy atom. The SMILES string of the molecule is CC(COCN)c1ccccc1/C=C/C(=O)O. The van der Waals surface area contributed by atoms with Crippen molar-refractivity contribution < 1.29 is 14.6 Å². The third-order valence-corrected chi connectivity index (χ3v) is 2.42. The van der Waals surface area contributed by atoms with Crippen molar-refractivity contribution in [3.05, 3.63) is 41.5 Å². The van der Waals surface area contributed by atoms with Gasteiger partial charge in [-0.3, -0.25) is 0 Å². The van der Waals surface area contributed by atoms with Crippen LogP contribution in [0.5, 0.6) is 0 Å². The fraction of sp³-hybridized carbons (Fsp3) is 0.308. The molecule has 0 aliphatic carbocycles. The molecule has 3 N–H and O–H groups in total. The molecule has 1 aromatic rings. The van der Waals surface area contributed by atoms with Crippen LogP contribution in [-0.2, 0) is 9.53 Å². The molecule has 0 saturated heterocycles. The lowest BCUT2D eigenvalue weighted by Crippen LogP contribution is -2.11. The number of carboxylic acids is 1. The van der Waals surface area contributed by atoms with Gasteiger partial charge in [0, 0.05) is 12.0 Å². The van der Waals surface area contributed by atoms with Gasteiger partial charge < -0.3 is 15.6 Å². The fourth-order valence-electron chi connectivity index (χ4n) is 1.61. The number of hydrogen-bond acceptors (Lipinski definition) is 3. The smallest absolute Gasteiger partial charge is 0.328 e. The molecule has 0 amide bonds. The maximum atomic E-state index is 10.5. The third kappa shape index (κ3) is 4.38. The summed E-state index contributed by atoms with van der Waals surface area (Å²) in [6.45, 7) is 2.73. The quantitative estimate of drug-likeness (QED) is 0.582. The van der Waals surface area contributed by atoms with Gasteiger partial charge in [-0.25, -0.2) is 4.79 Å². The third-order valence-electron chi connectivity index (χ3n) is 2.42. The van der Waals surface area contributed by atoms with Gasteiger partial charge in [-0.1, -0.05) is 31.2 Å². The highest BCUT2D eigenvalue weighted by Crippen LogP contribution is 2.21. The van der Waals surface area contributed by atoms with Crippen LogP contribution in [0.25, 0.3) is 6.08 Å². The lowest BCUT2D eigenvalue weighted by molar-refractivity contribution is -0.131. The van der Waals surface area contributed by atoms with E-state index in [0.29, 0.717) is 6.61 Å². The van der Waals surface area contributed by atoms with Crippen LogP contribution in [-0.4, -0.2) is 24.4 Å². The van der Waals surface area contributed by atoms with Crippen molar-refractivity contribution in [1.29, 1.82) is 0 Å². The number of benzene rings is 1. The van der Waals surface area contributed by atoms with Gasteiger partial charge in [0.1, 0.15) is 0 Å². The molecular formula is C13H17NO3. The molecule has 0 radical (unpaired) electrons. The number of hydrogen-bond donors (Lipinski definition) is 2. The first-order valence-corrected chi connectivity index (χ1v) is 5.43. The van der Waals surface area contributed by atoms with E-state index in [4.69, 9.17) is 15.6 Å². The lowest BCUT2D eigenvalue weighted by Gasteiger charge is -2.14. The minimum atomic E-state index is -0.953. The van der Waals surface area contributed by atoms with E-state index in [1.54, 1.807) is 6.08 Å². The maximum Gasteiger partial charge on any atom is 0.328 e. The number of carboxylic acid groups (broad SMARTS) is 1. The highest BCUT2D eigenvalue weighted by molar-refractivity contribution is 5.85. The average Bonchev–Trinajstić information content (AvgIpc) is 2.33. The zero-order valence-corrected chi connectivity index (χ0v) is 9.80. The number of aliphatic carboxylic acids is 1. The molecule has 4 nitrogen and oxygen atoms in total. The summed E-state index contributed by atoms with van der Waals surface area (Å²) in [7, 11) is 0. The normalized spacial score (nSPS) is 12.8. The van der Waals surface area contributed by atoms with Crippen molar-refractivity contribution in [3.63, 3.8) is 0 Å². The molecule has 1 aromatic carbocycles. The molecule has 1 unspecified atom stereocenters. The van der Waals surface area contributed by atoms with E-state index in [1.807, 2.05) is 31.2 Å². The van der Waals surface area contributed by atoms with Gasteiger partial charge in [0.25, 0.3) is 0 Å². The lowest BCUT2D eigenvalue weighted by atomic mass is 9.96. The van der Waals surface area contributed by atoms with Crippen molar-refractivity contribution >= 4 is 12.0 Å². The molecule has 0 spiro atoms. The Labute approximate surface area is 101 Å². The Morgan fingerprint density at radius 3 is 2.88 bits per heavy atom. The highest BCUT2D eigenvalue weighted by Gasteiger charge is 2.08. The molecule has 0 aliphatic heterocycles. The van der Waals surface area contributed by atoms with Gasteiger partial charge in [0.2, 0.25) is 0 Å². The number of rotatable bonds is 6. The molecule has 1 rings (SSSR count). The number of nitrogens with two attached hydrogens (primary N) is 1. The van der Waals surface area contributed by atoms with E-state index >= 15 is 0 Å². The van der Waals surface area contributed by atoms with E-state index < -0.39 is 5.97 Å². The van der Waals surface area contributed by atoms with Crippen LogP contribution in [0.2, 0.25) is 0 Å². The van der Waals surface area contributed by atoms with E-state index in [1.165, 1.54) is 0 Å². The van der Waals surface area contributed by atoms with Crippen molar-refractivity contribution in [2.75, 3.05) is 13.3 Å². The summed E-state index contributed by atoms with van der Waals surface area (Å²) in [4.78, 5) is 10.5. The number of carbonyl (C=O) groups is 1. The Hall–Kier alpha value is -1.65. The predicted octanol–water partition coefficient (Wildman–Crippen LogP) is 1.82. The van der Waals surface area contributed by atoms with Gasteiger partial charge in [0.05, 0.1) is 13.3 Å². The minimum Gasteiger partial charge on any atom is -0.478 e. The average molecular weight is 235 g/mol. The second-order valence-corrected chi connectivity index (χ2v) is 3.74. The predicted molar refractivity (Wildman–Crippen MR) is 66.5 cm³/mol. The van der Waals surface area contributed by atoms with Crippen molar-refractivity contribution in [2.24, 2.45) is 5.73 Å². The molecule has 17 heavy (non-hydrogen) atoms. The van der Waals surface area contributed by atoms with Gasteiger partial charge in [-0.05, 0) is 17.2 Å². The zero-order valence-electron chi connectivity index (χ0n) is 9.80. The zero-order chi connectivity index (χ0) is 12.7. The Morgan fingerprint density at radius 2 is 2.24 bits per heavy atom. The van der Waals surface area contributed by atoms with Gasteiger partial charge in [-0.15, -0.1) is 0 Å². The van der Waals surface area contributed by atoms with Crippen LogP contribution < -0.4 is 5.73 Å². The monoisotopic (exact) mass is 235 g/mol. The molecule has 0 saturated carbocycles. The molecule has 0 aliphatic rings. The van der Waals surface area contributed by atoms with E-state index in [-0.39, 0.29) is 12.6 Å². The Balaban J connectivity index is 2.87. The Kier molecular flexibility index (Phi) is 5.39. The molecule has 1 atom stereocenters. The summed E-state index contributed by atoms with van der Waals surface area (Å²) in [6, 6.07) is 7.65. The first-order chi connectivity index (χ1) is 8.15. The Bertz CT molecular complexity index is 401. The second-order valence-electron chi connectivity index (χ2n) is 3.74. The highest BCUT2D eigenvalue weighted by atomic mass is 16.5. The van der Waals surface area contributed by atoms with Gasteiger partial charge in [-0.2, -0.15) is 0 Å². The van der Waals surface area contributed by atoms with E-state index in [9.17, 15) is 4.79 Å². The van der Waals surface area contributed by atoms with Crippen LogP contribution in [0.1, 0.15) is 24.0 Å². The minimum absolute atomic E-state index is 0.174. The molecule has 0 aromatic heterocycles. The second kappa shape index (κ2) is 6.83. The van der Waals surface area contributed by atoms with E-state index in [2.05, 4.69) is 0 Å². The molecular weight excluding hydrogens is 218 g/mol. The summed E-state index contributed by atoms with van der Waals surface area (Å²) >= 11 is 0. The topological polar surface area (TPSA) is 72.5 Å². The molecule has 0 bridgehead atoms. The molecule has 0 fully saturated rings. The summed E-state index contributed by atoms with van der Waals surface area (Å²) in [5.41, 5.74) is 7.22. The molecule has 4 heteroatoms. The summed E-state index contributed by atoms with van der Waals surface area (Å²) in [5, 5.41) is 8.62. The fourth-order valence-corrected chi connectivity index (χ4v) is 1.61. The number of ether oxygens (including phenoxy) is 1. The summed E-state index contributed by atoms with van der Waals surface area (Å²) in [6.07, 6.45) is 2.73. The van der Waals surface area contributed by atoms with Gasteiger partial charge >= 0.3 is 5.97 Å². The summed E-state index contributed by atoms with van der Waals surface area (Å²) in [5.74, 6) is -0.779. The van der Waals surface area contributed by atoms with Crippen LogP contribution in [0.3, 0.4) is 0 Å². The van der Waals surface area contributed by atoms with Gasteiger partial charge in [0.15, 0.2) is 0 Å². The van der Waals surface area contributed by atoms with Crippen LogP contribution in [0.15, 0.2) is 30.3 Å². The standard InChI is InChI=1S/C13H17NO3/c1-10(8-17-9-14)12-5-3-2-4-11(12)6-7-13(15)16/h2-7,10H,8-9,14H2,1H3,(H,15,16)/b7-6+. The maximum absolute atomic E-state index is 10.5. The van der Waals surface area contributed by atoms with Crippen LogP contribution in [0.4, 0.5) is 0 Å². The van der Waals surface area contributed by atoms with Crippen LogP contribution in [0, 0.1) is 0 Å². The largest absolute Gasteiger partial charge is 0.478 e. The van der Waals surface area contributed by atoms with Crippen molar-refractivity contribution in [3.8, 4) is 0 Å².